The van der Waals surface area contributed by atoms with Crippen LogP contribution in [0.15, 0.2) is 24.3 Å². The summed E-state index contributed by atoms with van der Waals surface area (Å²) >= 11 is 0. The van der Waals surface area contributed by atoms with E-state index in [2.05, 4.69) is 15.0 Å². The van der Waals surface area contributed by atoms with Crippen LogP contribution in [0.2, 0.25) is 0 Å². The Morgan fingerprint density at radius 3 is 2.46 bits per heavy atom. The second-order valence-corrected chi connectivity index (χ2v) is 6.04. The van der Waals surface area contributed by atoms with Crippen LogP contribution in [0.3, 0.4) is 0 Å². The molecule has 0 aliphatic rings. The fourth-order valence-corrected chi connectivity index (χ4v) is 3.02. The molecule has 0 saturated carbocycles. The molecule has 28 heavy (non-hydrogen) atoms. The standard InChI is InChI=1S/C19H15F3N4O2/c1-4-13-23-9(2)16-19(28-17-11(21)6-5-10(20)15(17)22)24-12-7-8-14(27-3)25-18(12)26(13)16/h5-8H,4H2,1-3H3. The van der Waals surface area contributed by atoms with Gasteiger partial charge in [-0.2, -0.15) is 9.37 Å². The Balaban J connectivity index is 2.04. The van der Waals surface area contributed by atoms with Crippen LogP contribution in [0.4, 0.5) is 13.2 Å². The van der Waals surface area contributed by atoms with Gasteiger partial charge in [-0.25, -0.2) is 18.7 Å². The van der Waals surface area contributed by atoms with Gasteiger partial charge in [-0.05, 0) is 25.1 Å². The minimum absolute atomic E-state index is 0.104. The highest BCUT2D eigenvalue weighted by atomic mass is 19.2. The number of aromatic nitrogens is 4. The third kappa shape index (κ3) is 2.70. The Labute approximate surface area is 157 Å². The fraction of sp³-hybridized carbons (Fsp3) is 0.211. The number of nitrogens with zero attached hydrogens (tertiary/aromatic N) is 4. The van der Waals surface area contributed by atoms with Crippen LogP contribution in [0.25, 0.3) is 16.7 Å². The molecule has 9 heteroatoms. The van der Waals surface area contributed by atoms with Crippen LogP contribution in [-0.4, -0.2) is 26.5 Å². The zero-order valence-corrected chi connectivity index (χ0v) is 15.3. The van der Waals surface area contributed by atoms with E-state index < -0.39 is 23.2 Å². The molecule has 4 aromatic rings. The molecule has 0 saturated heterocycles. The summed E-state index contributed by atoms with van der Waals surface area (Å²) in [5.74, 6) is -3.63. The van der Waals surface area contributed by atoms with E-state index in [1.165, 1.54) is 7.11 Å². The fourth-order valence-electron chi connectivity index (χ4n) is 3.02. The van der Waals surface area contributed by atoms with E-state index in [1.54, 1.807) is 23.5 Å². The first kappa shape index (κ1) is 18.0. The Bertz CT molecular complexity index is 1220. The van der Waals surface area contributed by atoms with Gasteiger partial charge in [-0.15, -0.1) is 0 Å². The number of imidazole rings is 1. The van der Waals surface area contributed by atoms with Gasteiger partial charge in [0.2, 0.25) is 23.3 Å². The van der Waals surface area contributed by atoms with E-state index in [0.717, 1.165) is 6.07 Å². The molecular formula is C19H15F3N4O2. The smallest absolute Gasteiger partial charge is 0.246 e. The van der Waals surface area contributed by atoms with Gasteiger partial charge in [0, 0.05) is 12.5 Å². The first-order chi connectivity index (χ1) is 13.4. The summed E-state index contributed by atoms with van der Waals surface area (Å²) in [7, 11) is 1.49. The van der Waals surface area contributed by atoms with Crippen LogP contribution < -0.4 is 9.47 Å². The van der Waals surface area contributed by atoms with Crippen molar-refractivity contribution in [3.63, 3.8) is 0 Å². The van der Waals surface area contributed by atoms with Crippen molar-refractivity contribution >= 4 is 16.7 Å². The maximum atomic E-state index is 14.1. The molecule has 0 atom stereocenters. The molecule has 0 N–H and O–H groups in total. The van der Waals surface area contributed by atoms with E-state index in [0.29, 0.717) is 46.6 Å². The van der Waals surface area contributed by atoms with Gasteiger partial charge in [0.25, 0.3) is 0 Å². The van der Waals surface area contributed by atoms with Gasteiger partial charge < -0.3 is 9.47 Å². The predicted molar refractivity (Wildman–Crippen MR) is 95.3 cm³/mol. The van der Waals surface area contributed by atoms with Crippen molar-refractivity contribution in [1.29, 1.82) is 0 Å². The average Bonchev–Trinajstić information content (AvgIpc) is 3.05. The number of benzene rings is 1. The monoisotopic (exact) mass is 388 g/mol. The summed E-state index contributed by atoms with van der Waals surface area (Å²) in [6, 6.07) is 4.72. The van der Waals surface area contributed by atoms with Crippen molar-refractivity contribution in [3.8, 4) is 17.5 Å². The predicted octanol–water partition coefficient (Wildman–Crippen LogP) is 4.37. The molecule has 0 amide bonds. The van der Waals surface area contributed by atoms with Gasteiger partial charge in [-0.1, -0.05) is 6.92 Å². The van der Waals surface area contributed by atoms with Crippen LogP contribution in [0.1, 0.15) is 18.4 Å². The minimum atomic E-state index is -1.43. The summed E-state index contributed by atoms with van der Waals surface area (Å²) in [6.45, 7) is 3.63. The highest BCUT2D eigenvalue weighted by Crippen LogP contribution is 2.34. The highest BCUT2D eigenvalue weighted by Gasteiger charge is 2.22. The van der Waals surface area contributed by atoms with E-state index in [-0.39, 0.29) is 5.88 Å². The summed E-state index contributed by atoms with van der Waals surface area (Å²) in [5, 5.41) is 0. The molecule has 0 fully saturated rings. The molecule has 3 heterocycles. The molecule has 144 valence electrons. The van der Waals surface area contributed by atoms with E-state index in [1.807, 2.05) is 6.92 Å². The van der Waals surface area contributed by atoms with Crippen molar-refractivity contribution < 1.29 is 22.6 Å². The first-order valence-electron chi connectivity index (χ1n) is 8.48. The number of hydrogen-bond acceptors (Lipinski definition) is 5. The molecule has 4 rings (SSSR count). The lowest BCUT2D eigenvalue weighted by Crippen LogP contribution is -2.04. The van der Waals surface area contributed by atoms with Crippen LogP contribution in [-0.2, 0) is 6.42 Å². The molecule has 3 aromatic heterocycles. The number of pyridine rings is 1. The van der Waals surface area contributed by atoms with Crippen molar-refractivity contribution in [2.24, 2.45) is 0 Å². The summed E-state index contributed by atoms with van der Waals surface area (Å²) < 4.78 is 54.1. The zero-order chi connectivity index (χ0) is 20.0. The maximum absolute atomic E-state index is 14.1. The van der Waals surface area contributed by atoms with Gasteiger partial charge >= 0.3 is 0 Å². The van der Waals surface area contributed by atoms with Gasteiger partial charge in [0.05, 0.1) is 12.8 Å². The van der Waals surface area contributed by atoms with Crippen molar-refractivity contribution in [3.05, 3.63) is 53.2 Å². The largest absolute Gasteiger partial charge is 0.481 e. The van der Waals surface area contributed by atoms with Crippen molar-refractivity contribution in [1.82, 2.24) is 19.4 Å². The molecule has 0 unspecified atom stereocenters. The summed E-state index contributed by atoms with van der Waals surface area (Å²) in [4.78, 5) is 13.2. The van der Waals surface area contributed by atoms with Crippen LogP contribution in [0, 0.1) is 24.4 Å². The van der Waals surface area contributed by atoms with Crippen LogP contribution >= 0.6 is 0 Å². The van der Waals surface area contributed by atoms with E-state index in [9.17, 15) is 13.2 Å². The average molecular weight is 388 g/mol. The Hall–Kier alpha value is -3.36. The number of ether oxygens (including phenoxy) is 2. The van der Waals surface area contributed by atoms with Crippen molar-refractivity contribution in [2.75, 3.05) is 7.11 Å². The second kappa shape index (κ2) is 6.66. The van der Waals surface area contributed by atoms with E-state index >= 15 is 0 Å². The molecule has 0 aliphatic carbocycles. The van der Waals surface area contributed by atoms with Crippen LogP contribution in [0.5, 0.6) is 17.5 Å². The topological polar surface area (TPSA) is 61.5 Å². The molecule has 0 aliphatic heterocycles. The number of fused-ring (bicyclic) bond motifs is 3. The third-order valence-corrected chi connectivity index (χ3v) is 4.31. The normalized spacial score (nSPS) is 11.4. The molecular weight excluding hydrogens is 373 g/mol. The first-order valence-corrected chi connectivity index (χ1v) is 8.48. The van der Waals surface area contributed by atoms with Crippen molar-refractivity contribution in [2.45, 2.75) is 20.3 Å². The Morgan fingerprint density at radius 2 is 1.75 bits per heavy atom. The van der Waals surface area contributed by atoms with Gasteiger partial charge in [-0.3, -0.25) is 4.40 Å². The second-order valence-electron chi connectivity index (χ2n) is 6.04. The maximum Gasteiger partial charge on any atom is 0.246 e. The minimum Gasteiger partial charge on any atom is -0.481 e. The van der Waals surface area contributed by atoms with E-state index in [4.69, 9.17) is 9.47 Å². The summed E-state index contributed by atoms with van der Waals surface area (Å²) in [6.07, 6.45) is 0.565. The number of methoxy groups -OCH3 is 1. The molecule has 0 bridgehead atoms. The lowest BCUT2D eigenvalue weighted by Gasteiger charge is -2.12. The number of aryl methyl sites for hydroxylation is 2. The molecule has 6 nitrogen and oxygen atoms in total. The molecule has 0 radical (unpaired) electrons. The third-order valence-electron chi connectivity index (χ3n) is 4.31. The number of rotatable bonds is 4. The SMILES string of the molecule is CCc1nc(C)c2c(Oc3c(F)ccc(F)c3F)nc3ccc(OC)nc3n12. The number of halogens is 3. The highest BCUT2D eigenvalue weighted by molar-refractivity contribution is 5.80. The Morgan fingerprint density at radius 1 is 1.00 bits per heavy atom. The zero-order valence-electron chi connectivity index (χ0n) is 15.3. The lowest BCUT2D eigenvalue weighted by atomic mass is 10.3. The quantitative estimate of drug-likeness (QED) is 0.486. The molecule has 1 aromatic carbocycles. The van der Waals surface area contributed by atoms with Gasteiger partial charge in [0.1, 0.15) is 16.9 Å². The van der Waals surface area contributed by atoms with Gasteiger partial charge in [0.15, 0.2) is 17.3 Å². The number of hydrogen-bond donors (Lipinski definition) is 0. The molecule has 0 spiro atoms. The Kier molecular flexibility index (Phi) is 4.29. The summed E-state index contributed by atoms with van der Waals surface area (Å²) in [5.41, 5.74) is 1.77. The lowest BCUT2D eigenvalue weighted by molar-refractivity contribution is 0.380.